The van der Waals surface area contributed by atoms with Crippen molar-refractivity contribution in [3.8, 4) is 11.5 Å². The lowest BCUT2D eigenvalue weighted by molar-refractivity contribution is -0.138. The standard InChI is InChI=1S/C21H21F3N2O4/c1-29-16-10-6-15(7-11-16)25-20(28)18-3-2-12-26(18)19(27)13-30-17-8-4-14(5-9-17)21(22,23)24/h4-11,18H,2-3,12-13H2,1H3,(H,25,28). The molecule has 6 nitrogen and oxygen atoms in total. The summed E-state index contributed by atoms with van der Waals surface area (Å²) in [5.41, 5.74) is -0.211. The Morgan fingerprint density at radius 1 is 1.07 bits per heavy atom. The van der Waals surface area contributed by atoms with Gasteiger partial charge in [0.05, 0.1) is 12.7 Å². The predicted octanol–water partition coefficient (Wildman–Crippen LogP) is 3.72. The number of hydrogen-bond donors (Lipinski definition) is 1. The molecule has 2 aromatic rings. The number of hydrogen-bond acceptors (Lipinski definition) is 4. The summed E-state index contributed by atoms with van der Waals surface area (Å²) in [6.07, 6.45) is -3.24. The summed E-state index contributed by atoms with van der Waals surface area (Å²) in [6, 6.07) is 10.3. The van der Waals surface area contributed by atoms with Crippen LogP contribution >= 0.6 is 0 Å². The first-order valence-electron chi connectivity index (χ1n) is 9.32. The molecule has 1 unspecified atom stereocenters. The lowest BCUT2D eigenvalue weighted by Crippen LogP contribution is -2.45. The summed E-state index contributed by atoms with van der Waals surface area (Å²) in [5, 5.41) is 2.78. The van der Waals surface area contributed by atoms with Crippen LogP contribution in [0.5, 0.6) is 11.5 Å². The fraction of sp³-hybridized carbons (Fsp3) is 0.333. The fourth-order valence-electron chi connectivity index (χ4n) is 3.21. The molecule has 160 valence electrons. The summed E-state index contributed by atoms with van der Waals surface area (Å²) in [7, 11) is 1.54. The van der Waals surface area contributed by atoms with Crippen LogP contribution in [0.25, 0.3) is 0 Å². The number of ether oxygens (including phenoxy) is 2. The van der Waals surface area contributed by atoms with E-state index in [0.717, 1.165) is 24.3 Å². The van der Waals surface area contributed by atoms with Crippen LogP contribution in [0.3, 0.4) is 0 Å². The van der Waals surface area contributed by atoms with Crippen molar-refractivity contribution in [1.82, 2.24) is 4.90 Å². The molecule has 30 heavy (non-hydrogen) atoms. The first-order chi connectivity index (χ1) is 14.3. The highest BCUT2D eigenvalue weighted by molar-refractivity contribution is 5.97. The van der Waals surface area contributed by atoms with Crippen LogP contribution in [-0.4, -0.2) is 43.0 Å². The lowest BCUT2D eigenvalue weighted by atomic mass is 10.2. The number of alkyl halides is 3. The van der Waals surface area contributed by atoms with Gasteiger partial charge in [-0.1, -0.05) is 0 Å². The summed E-state index contributed by atoms with van der Waals surface area (Å²) in [5.74, 6) is 0.101. The Balaban J connectivity index is 1.56. The van der Waals surface area contributed by atoms with Crippen LogP contribution < -0.4 is 14.8 Å². The average molecular weight is 422 g/mol. The summed E-state index contributed by atoms with van der Waals surface area (Å²) < 4.78 is 48.2. The molecule has 1 saturated heterocycles. The number of benzene rings is 2. The van der Waals surface area contributed by atoms with Crippen molar-refractivity contribution in [1.29, 1.82) is 0 Å². The van der Waals surface area contributed by atoms with Gasteiger partial charge in [0.15, 0.2) is 6.61 Å². The van der Waals surface area contributed by atoms with E-state index in [1.54, 1.807) is 31.4 Å². The van der Waals surface area contributed by atoms with Crippen molar-refractivity contribution >= 4 is 17.5 Å². The molecule has 1 atom stereocenters. The first kappa shape index (κ1) is 21.5. The molecule has 0 spiro atoms. The number of nitrogens with one attached hydrogen (secondary N) is 1. The van der Waals surface area contributed by atoms with Gasteiger partial charge in [-0.3, -0.25) is 9.59 Å². The second-order valence-electron chi connectivity index (χ2n) is 6.77. The van der Waals surface area contributed by atoms with Gasteiger partial charge in [0, 0.05) is 12.2 Å². The molecular weight excluding hydrogens is 401 g/mol. The summed E-state index contributed by atoms with van der Waals surface area (Å²) in [6.45, 7) is 0.0492. The Morgan fingerprint density at radius 3 is 2.30 bits per heavy atom. The van der Waals surface area contributed by atoms with Crippen LogP contribution in [0.1, 0.15) is 18.4 Å². The van der Waals surface area contributed by atoms with E-state index in [2.05, 4.69) is 5.32 Å². The predicted molar refractivity (Wildman–Crippen MR) is 103 cm³/mol. The van der Waals surface area contributed by atoms with Gasteiger partial charge < -0.3 is 19.7 Å². The molecule has 2 amide bonds. The van der Waals surface area contributed by atoms with Gasteiger partial charge in [-0.25, -0.2) is 0 Å². The van der Waals surface area contributed by atoms with E-state index < -0.39 is 23.7 Å². The fourth-order valence-corrected chi connectivity index (χ4v) is 3.21. The molecule has 0 bridgehead atoms. The molecule has 3 rings (SSSR count). The largest absolute Gasteiger partial charge is 0.497 e. The molecule has 1 heterocycles. The Kier molecular flexibility index (Phi) is 6.49. The molecule has 0 aromatic heterocycles. The maximum absolute atomic E-state index is 12.6. The van der Waals surface area contributed by atoms with Crippen molar-refractivity contribution < 1.29 is 32.2 Å². The third-order valence-corrected chi connectivity index (χ3v) is 4.78. The van der Waals surface area contributed by atoms with Gasteiger partial charge in [-0.15, -0.1) is 0 Å². The van der Waals surface area contributed by atoms with Crippen LogP contribution in [0.4, 0.5) is 18.9 Å². The SMILES string of the molecule is COc1ccc(NC(=O)C2CCCN2C(=O)COc2ccc(C(F)(F)F)cc2)cc1. The second kappa shape index (κ2) is 9.06. The molecule has 2 aromatic carbocycles. The minimum Gasteiger partial charge on any atom is -0.497 e. The van der Waals surface area contributed by atoms with E-state index in [1.165, 1.54) is 4.90 Å². The Hall–Kier alpha value is -3.23. The van der Waals surface area contributed by atoms with Gasteiger partial charge in [-0.05, 0) is 61.4 Å². The van der Waals surface area contributed by atoms with Gasteiger partial charge in [0.25, 0.3) is 5.91 Å². The van der Waals surface area contributed by atoms with Crippen molar-refractivity contribution in [2.45, 2.75) is 25.1 Å². The van der Waals surface area contributed by atoms with Crippen LogP contribution in [-0.2, 0) is 15.8 Å². The van der Waals surface area contributed by atoms with Crippen molar-refractivity contribution in [3.05, 3.63) is 54.1 Å². The number of halogens is 3. The molecule has 1 aliphatic rings. The highest BCUT2D eigenvalue weighted by Crippen LogP contribution is 2.30. The van der Waals surface area contributed by atoms with Crippen LogP contribution in [0.2, 0.25) is 0 Å². The minimum atomic E-state index is -4.44. The minimum absolute atomic E-state index is 0.148. The Bertz CT molecular complexity index is 883. The first-order valence-corrected chi connectivity index (χ1v) is 9.32. The smallest absolute Gasteiger partial charge is 0.416 e. The molecular formula is C21H21F3N2O4. The molecule has 9 heteroatoms. The second-order valence-corrected chi connectivity index (χ2v) is 6.77. The number of rotatable bonds is 6. The topological polar surface area (TPSA) is 67.9 Å². The molecule has 0 saturated carbocycles. The van der Waals surface area contributed by atoms with Crippen molar-refractivity contribution in [2.75, 3.05) is 25.6 Å². The zero-order valence-corrected chi connectivity index (χ0v) is 16.2. The van der Waals surface area contributed by atoms with Crippen LogP contribution in [0.15, 0.2) is 48.5 Å². The zero-order chi connectivity index (χ0) is 21.7. The van der Waals surface area contributed by atoms with Gasteiger partial charge in [0.1, 0.15) is 17.5 Å². The zero-order valence-electron chi connectivity index (χ0n) is 16.2. The normalized spacial score (nSPS) is 16.3. The highest BCUT2D eigenvalue weighted by Gasteiger charge is 2.34. The summed E-state index contributed by atoms with van der Waals surface area (Å²) >= 11 is 0. The molecule has 0 aliphatic carbocycles. The molecule has 1 fully saturated rings. The third-order valence-electron chi connectivity index (χ3n) is 4.78. The maximum Gasteiger partial charge on any atom is 0.416 e. The molecule has 1 aliphatic heterocycles. The third kappa shape index (κ3) is 5.22. The summed E-state index contributed by atoms with van der Waals surface area (Å²) in [4.78, 5) is 26.6. The Morgan fingerprint density at radius 2 is 1.70 bits per heavy atom. The lowest BCUT2D eigenvalue weighted by Gasteiger charge is -2.24. The van der Waals surface area contributed by atoms with Gasteiger partial charge in [0.2, 0.25) is 5.91 Å². The molecule has 0 radical (unpaired) electrons. The van der Waals surface area contributed by atoms with E-state index in [-0.39, 0.29) is 18.3 Å². The number of amides is 2. The van der Waals surface area contributed by atoms with E-state index in [4.69, 9.17) is 9.47 Å². The van der Waals surface area contributed by atoms with Crippen LogP contribution in [0, 0.1) is 0 Å². The Labute approximate surface area is 171 Å². The average Bonchev–Trinajstić information content (AvgIpc) is 3.22. The van der Waals surface area contributed by atoms with Crippen molar-refractivity contribution in [2.24, 2.45) is 0 Å². The van der Waals surface area contributed by atoms with Gasteiger partial charge in [-0.2, -0.15) is 13.2 Å². The van der Waals surface area contributed by atoms with E-state index in [9.17, 15) is 22.8 Å². The number of anilines is 1. The molecule has 1 N–H and O–H groups in total. The quantitative estimate of drug-likeness (QED) is 0.771. The number of methoxy groups -OCH3 is 1. The number of likely N-dealkylation sites (tertiary alicyclic amines) is 1. The van der Waals surface area contributed by atoms with E-state index >= 15 is 0 Å². The number of carbonyl (C=O) groups excluding carboxylic acids is 2. The number of carbonyl (C=O) groups is 2. The van der Waals surface area contributed by atoms with Gasteiger partial charge >= 0.3 is 6.18 Å². The van der Waals surface area contributed by atoms with E-state index in [1.807, 2.05) is 0 Å². The number of nitrogens with zero attached hydrogens (tertiary/aromatic N) is 1. The monoisotopic (exact) mass is 422 g/mol. The van der Waals surface area contributed by atoms with Crippen molar-refractivity contribution in [3.63, 3.8) is 0 Å². The maximum atomic E-state index is 12.6. The highest BCUT2D eigenvalue weighted by atomic mass is 19.4. The van der Waals surface area contributed by atoms with E-state index in [0.29, 0.717) is 30.8 Å².